The van der Waals surface area contributed by atoms with E-state index in [9.17, 15) is 9.59 Å². The normalized spacial score (nSPS) is 10.4. The number of ketones is 1. The zero-order valence-electron chi connectivity index (χ0n) is 11.8. The number of aliphatic hydroxyl groups excluding tert-OH is 1. The number of benzene rings is 1. The molecule has 2 aromatic rings. The molecule has 21 heavy (non-hydrogen) atoms. The van der Waals surface area contributed by atoms with Crippen LogP contribution >= 0.6 is 0 Å². The molecule has 0 saturated carbocycles. The van der Waals surface area contributed by atoms with Crippen LogP contribution in [0.3, 0.4) is 0 Å². The maximum Gasteiger partial charge on any atom is 0.272 e. The molecule has 3 N–H and O–H groups in total. The first-order valence-electron chi connectivity index (χ1n) is 6.80. The molecule has 110 valence electrons. The van der Waals surface area contributed by atoms with Crippen molar-refractivity contribution in [2.24, 2.45) is 0 Å². The van der Waals surface area contributed by atoms with Gasteiger partial charge in [0.25, 0.3) is 5.91 Å². The van der Waals surface area contributed by atoms with Gasteiger partial charge in [-0.3, -0.25) is 9.59 Å². The number of aromatic nitrogens is 1. The van der Waals surface area contributed by atoms with Gasteiger partial charge in [-0.15, -0.1) is 0 Å². The van der Waals surface area contributed by atoms with Crippen molar-refractivity contribution in [1.82, 2.24) is 4.98 Å². The van der Waals surface area contributed by atoms with E-state index in [0.717, 1.165) is 12.0 Å². The summed E-state index contributed by atoms with van der Waals surface area (Å²) in [6.45, 7) is 1.60. The van der Waals surface area contributed by atoms with Crippen LogP contribution in [0.2, 0.25) is 0 Å². The molecule has 0 atom stereocenters. The maximum absolute atomic E-state index is 12.1. The molecule has 0 unspecified atom stereocenters. The number of aliphatic hydroxyl groups is 1. The minimum Gasteiger partial charge on any atom is -0.396 e. The summed E-state index contributed by atoms with van der Waals surface area (Å²) < 4.78 is 0. The van der Waals surface area contributed by atoms with Crippen LogP contribution in [0.5, 0.6) is 0 Å². The van der Waals surface area contributed by atoms with Crippen LogP contribution in [-0.4, -0.2) is 28.4 Å². The second-order valence-electron chi connectivity index (χ2n) is 4.84. The number of carbonyl (C=O) groups excluding carboxylic acids is 2. The number of rotatable bonds is 6. The molecule has 1 aromatic heterocycles. The van der Waals surface area contributed by atoms with Crippen molar-refractivity contribution in [2.75, 3.05) is 11.9 Å². The molecule has 2 rings (SSSR count). The smallest absolute Gasteiger partial charge is 0.272 e. The van der Waals surface area contributed by atoms with Crippen molar-refractivity contribution < 1.29 is 14.7 Å². The van der Waals surface area contributed by atoms with Crippen molar-refractivity contribution >= 4 is 17.4 Å². The van der Waals surface area contributed by atoms with Gasteiger partial charge in [0.05, 0.1) is 0 Å². The molecule has 0 bridgehead atoms. The molecule has 0 fully saturated rings. The van der Waals surface area contributed by atoms with E-state index in [1.54, 1.807) is 6.07 Å². The summed E-state index contributed by atoms with van der Waals surface area (Å²) in [4.78, 5) is 26.1. The molecule has 1 heterocycles. The Bertz CT molecular complexity index is 646. The third-order valence-electron chi connectivity index (χ3n) is 3.14. The van der Waals surface area contributed by atoms with Gasteiger partial charge in [0.15, 0.2) is 5.78 Å². The van der Waals surface area contributed by atoms with Crippen LogP contribution in [0.1, 0.15) is 39.8 Å². The fourth-order valence-corrected chi connectivity index (χ4v) is 2.01. The lowest BCUT2D eigenvalue weighted by Gasteiger charge is -2.06. The van der Waals surface area contributed by atoms with Gasteiger partial charge in [-0.25, -0.2) is 0 Å². The number of nitrogens with one attached hydrogen (secondary N) is 2. The molecule has 0 aliphatic rings. The van der Waals surface area contributed by atoms with Crippen LogP contribution < -0.4 is 5.32 Å². The largest absolute Gasteiger partial charge is 0.396 e. The summed E-state index contributed by atoms with van der Waals surface area (Å²) in [6.07, 6.45) is 2.97. The summed E-state index contributed by atoms with van der Waals surface area (Å²) in [6, 6.07) is 9.02. The first-order chi connectivity index (χ1) is 10.1. The minimum absolute atomic E-state index is 0.0868. The lowest BCUT2D eigenvalue weighted by molar-refractivity contribution is 0.101. The standard InChI is InChI=1S/C16H18N2O3/c1-11(20)13-9-15(17-10-13)16(21)18-14-6-2-4-12(8-14)5-3-7-19/h2,4,6,8-10,17,19H,3,5,7H2,1H3,(H,18,21). The number of aromatic amines is 1. The molecule has 5 heteroatoms. The number of Topliss-reactive ketones (excluding diaryl/α,β-unsaturated/α-hetero) is 1. The van der Waals surface area contributed by atoms with Crippen molar-refractivity contribution in [3.05, 3.63) is 53.3 Å². The topological polar surface area (TPSA) is 82.2 Å². The highest BCUT2D eigenvalue weighted by molar-refractivity contribution is 6.05. The monoisotopic (exact) mass is 286 g/mol. The minimum atomic E-state index is -0.290. The number of carbonyl (C=O) groups is 2. The highest BCUT2D eigenvalue weighted by atomic mass is 16.2. The maximum atomic E-state index is 12.1. The summed E-state index contributed by atoms with van der Waals surface area (Å²) in [5, 5.41) is 11.6. The lowest BCUT2D eigenvalue weighted by atomic mass is 10.1. The Balaban J connectivity index is 2.06. The lowest BCUT2D eigenvalue weighted by Crippen LogP contribution is -2.12. The van der Waals surface area contributed by atoms with Crippen LogP contribution in [0.4, 0.5) is 5.69 Å². The van der Waals surface area contributed by atoms with Crippen LogP contribution in [0.25, 0.3) is 0 Å². The highest BCUT2D eigenvalue weighted by Crippen LogP contribution is 2.14. The van der Waals surface area contributed by atoms with Gasteiger partial charge in [0.1, 0.15) is 5.69 Å². The van der Waals surface area contributed by atoms with Crippen LogP contribution in [0.15, 0.2) is 36.5 Å². The average molecular weight is 286 g/mol. The number of H-pyrrole nitrogens is 1. The van der Waals surface area contributed by atoms with E-state index < -0.39 is 0 Å². The van der Waals surface area contributed by atoms with Gasteiger partial charge in [-0.05, 0) is 43.5 Å². The van der Waals surface area contributed by atoms with Gasteiger partial charge >= 0.3 is 0 Å². The summed E-state index contributed by atoms with van der Waals surface area (Å²) in [7, 11) is 0. The quantitative estimate of drug-likeness (QED) is 0.713. The first kappa shape index (κ1) is 15.0. The van der Waals surface area contributed by atoms with Crippen LogP contribution in [-0.2, 0) is 6.42 Å². The summed E-state index contributed by atoms with van der Waals surface area (Å²) in [5.41, 5.74) is 2.57. The van der Waals surface area contributed by atoms with Crippen molar-refractivity contribution in [3.63, 3.8) is 0 Å². The first-order valence-corrected chi connectivity index (χ1v) is 6.80. The number of amides is 1. The van der Waals surface area contributed by atoms with Crippen molar-refractivity contribution in [3.8, 4) is 0 Å². The van der Waals surface area contributed by atoms with E-state index >= 15 is 0 Å². The van der Waals surface area contributed by atoms with Gasteiger partial charge < -0.3 is 15.4 Å². The van der Waals surface area contributed by atoms with Crippen LogP contribution in [0, 0.1) is 0 Å². The molecule has 1 aromatic carbocycles. The Morgan fingerprint density at radius 2 is 2.10 bits per heavy atom. The number of aryl methyl sites for hydroxylation is 1. The molecular formula is C16H18N2O3. The van der Waals surface area contributed by atoms with E-state index in [0.29, 0.717) is 23.4 Å². The molecule has 1 amide bonds. The zero-order valence-corrected chi connectivity index (χ0v) is 11.8. The Morgan fingerprint density at radius 3 is 2.76 bits per heavy atom. The Morgan fingerprint density at radius 1 is 1.29 bits per heavy atom. The predicted octanol–water partition coefficient (Wildman–Crippen LogP) is 2.39. The molecule has 5 nitrogen and oxygen atoms in total. The molecular weight excluding hydrogens is 268 g/mol. The fraction of sp³-hybridized carbons (Fsp3) is 0.250. The third kappa shape index (κ3) is 4.03. The number of hydrogen-bond acceptors (Lipinski definition) is 3. The fourth-order valence-electron chi connectivity index (χ4n) is 2.01. The second kappa shape index (κ2) is 6.85. The van der Waals surface area contributed by atoms with E-state index in [-0.39, 0.29) is 18.3 Å². The van der Waals surface area contributed by atoms with E-state index in [1.807, 2.05) is 18.2 Å². The molecule has 0 saturated heterocycles. The van der Waals surface area contributed by atoms with E-state index in [4.69, 9.17) is 5.11 Å². The van der Waals surface area contributed by atoms with E-state index in [1.165, 1.54) is 19.2 Å². The van der Waals surface area contributed by atoms with E-state index in [2.05, 4.69) is 10.3 Å². The Labute approximate surface area is 123 Å². The molecule has 0 aliphatic carbocycles. The average Bonchev–Trinajstić information content (AvgIpc) is 2.95. The van der Waals surface area contributed by atoms with Crippen molar-refractivity contribution in [1.29, 1.82) is 0 Å². The van der Waals surface area contributed by atoms with Gasteiger partial charge in [-0.2, -0.15) is 0 Å². The predicted molar refractivity (Wildman–Crippen MR) is 80.6 cm³/mol. The summed E-state index contributed by atoms with van der Waals surface area (Å²) >= 11 is 0. The SMILES string of the molecule is CC(=O)c1c[nH]c(C(=O)Nc2cccc(CCCO)c2)c1. The molecule has 0 spiro atoms. The van der Waals surface area contributed by atoms with Gasteiger partial charge in [0, 0.05) is 24.1 Å². The molecule has 0 radical (unpaired) electrons. The Hall–Kier alpha value is -2.40. The molecule has 0 aliphatic heterocycles. The number of hydrogen-bond donors (Lipinski definition) is 3. The zero-order chi connectivity index (χ0) is 15.2. The van der Waals surface area contributed by atoms with Crippen molar-refractivity contribution in [2.45, 2.75) is 19.8 Å². The van der Waals surface area contributed by atoms with Gasteiger partial charge in [0.2, 0.25) is 0 Å². The second-order valence-corrected chi connectivity index (χ2v) is 4.84. The third-order valence-corrected chi connectivity index (χ3v) is 3.14. The Kier molecular flexibility index (Phi) is 4.90. The summed E-state index contributed by atoms with van der Waals surface area (Å²) in [5.74, 6) is -0.377. The highest BCUT2D eigenvalue weighted by Gasteiger charge is 2.11. The number of anilines is 1. The van der Waals surface area contributed by atoms with Gasteiger partial charge in [-0.1, -0.05) is 12.1 Å².